The van der Waals surface area contributed by atoms with Crippen LogP contribution >= 0.6 is 23.2 Å². The minimum Gasteiger partial charge on any atom is -0.508 e. The Morgan fingerprint density at radius 1 is 0.833 bits per heavy atom. The number of phenols is 1. The molecule has 7 nitrogen and oxygen atoms in total. The van der Waals surface area contributed by atoms with E-state index in [1.807, 2.05) is 0 Å². The van der Waals surface area contributed by atoms with E-state index in [2.05, 4.69) is 20.0 Å². The fourth-order valence-corrected chi connectivity index (χ4v) is 4.48. The van der Waals surface area contributed by atoms with Gasteiger partial charge >= 0.3 is 0 Å². The molecule has 0 atom stereocenters. The van der Waals surface area contributed by atoms with Crippen LogP contribution in [0.3, 0.4) is 0 Å². The van der Waals surface area contributed by atoms with Crippen molar-refractivity contribution in [1.82, 2.24) is 9.97 Å². The summed E-state index contributed by atoms with van der Waals surface area (Å²) in [5.74, 6) is 0.264. The van der Waals surface area contributed by atoms with Crippen molar-refractivity contribution in [3.63, 3.8) is 0 Å². The molecule has 1 heterocycles. The second-order valence-electron chi connectivity index (χ2n) is 6.26. The number of aromatic nitrogens is 2. The quantitative estimate of drug-likeness (QED) is 0.354. The summed E-state index contributed by atoms with van der Waals surface area (Å²) >= 11 is 12.0. The topological polar surface area (TPSA) is 104 Å². The Morgan fingerprint density at radius 3 is 2.13 bits per heavy atom. The number of para-hydroxylation sites is 2. The lowest BCUT2D eigenvalue weighted by atomic mass is 10.3. The van der Waals surface area contributed by atoms with Crippen LogP contribution in [0.1, 0.15) is 0 Å². The monoisotopic (exact) mass is 460 g/mol. The predicted octanol–water partition coefficient (Wildman–Crippen LogP) is 5.19. The second-order valence-corrected chi connectivity index (χ2v) is 8.76. The fourth-order valence-electron chi connectivity index (χ4n) is 2.71. The van der Waals surface area contributed by atoms with E-state index in [4.69, 9.17) is 23.2 Å². The number of nitrogens with one attached hydrogen (secondary N) is 2. The van der Waals surface area contributed by atoms with Crippen LogP contribution in [-0.4, -0.2) is 23.5 Å². The predicted molar refractivity (Wildman–Crippen MR) is 118 cm³/mol. The summed E-state index contributed by atoms with van der Waals surface area (Å²) in [4.78, 5) is 8.72. The van der Waals surface area contributed by atoms with E-state index in [9.17, 15) is 13.5 Å². The van der Waals surface area contributed by atoms with Gasteiger partial charge in [0.1, 0.15) is 10.6 Å². The van der Waals surface area contributed by atoms with Crippen molar-refractivity contribution in [2.24, 2.45) is 0 Å². The highest BCUT2D eigenvalue weighted by Crippen LogP contribution is 2.30. The van der Waals surface area contributed by atoms with Crippen LogP contribution < -0.4 is 10.0 Å². The van der Waals surface area contributed by atoms with Gasteiger partial charge in [-0.1, -0.05) is 35.3 Å². The normalized spacial score (nSPS) is 11.4. The third-order valence-corrected chi connectivity index (χ3v) is 6.17. The van der Waals surface area contributed by atoms with Crippen molar-refractivity contribution in [3.8, 4) is 5.75 Å². The lowest BCUT2D eigenvalue weighted by Crippen LogP contribution is -2.16. The molecule has 30 heavy (non-hydrogen) atoms. The zero-order valence-corrected chi connectivity index (χ0v) is 17.5. The highest BCUT2D eigenvalue weighted by molar-refractivity contribution is 7.92. The summed E-state index contributed by atoms with van der Waals surface area (Å²) in [7, 11) is -4.11. The average Bonchev–Trinajstić information content (AvgIpc) is 2.71. The van der Waals surface area contributed by atoms with Gasteiger partial charge in [-0.15, -0.1) is 0 Å². The molecular weight excluding hydrogens is 447 g/mol. The maximum absolute atomic E-state index is 13.0. The molecule has 0 bridgehead atoms. The van der Waals surface area contributed by atoms with Crippen molar-refractivity contribution in [2.75, 3.05) is 10.0 Å². The summed E-state index contributed by atoms with van der Waals surface area (Å²) in [5, 5.41) is 12.7. The van der Waals surface area contributed by atoms with Gasteiger partial charge in [0.2, 0.25) is 0 Å². The van der Waals surface area contributed by atoms with Gasteiger partial charge < -0.3 is 10.4 Å². The zero-order chi connectivity index (χ0) is 21.3. The molecule has 0 saturated heterocycles. The molecule has 3 N–H and O–H groups in total. The molecule has 0 radical (unpaired) electrons. The highest BCUT2D eigenvalue weighted by Gasteiger charge is 2.22. The Morgan fingerprint density at radius 2 is 1.47 bits per heavy atom. The molecular formula is C20H14Cl2N4O3S. The first-order chi connectivity index (χ1) is 14.3. The van der Waals surface area contributed by atoms with Crippen LogP contribution in [-0.2, 0) is 10.0 Å². The van der Waals surface area contributed by atoms with E-state index >= 15 is 0 Å². The zero-order valence-electron chi connectivity index (χ0n) is 15.2. The number of aromatic hydroxyl groups is 1. The molecule has 0 fully saturated rings. The van der Waals surface area contributed by atoms with Crippen molar-refractivity contribution in [1.29, 1.82) is 0 Å². The third kappa shape index (κ3) is 4.25. The molecule has 0 aliphatic rings. The average molecular weight is 461 g/mol. The molecule has 0 spiro atoms. The Labute approximate surface area is 182 Å². The molecule has 10 heteroatoms. The van der Waals surface area contributed by atoms with Gasteiger partial charge in [-0.2, -0.15) is 0 Å². The Bertz CT molecular complexity index is 1350. The first-order valence-corrected chi connectivity index (χ1v) is 10.9. The van der Waals surface area contributed by atoms with Gasteiger partial charge in [-0.25, -0.2) is 18.4 Å². The van der Waals surface area contributed by atoms with Crippen molar-refractivity contribution < 1.29 is 13.5 Å². The lowest BCUT2D eigenvalue weighted by molar-refractivity contribution is 0.475. The number of phenolic OH excluding ortho intramolecular Hbond substituents is 1. The number of hydrogen-bond acceptors (Lipinski definition) is 6. The number of benzene rings is 3. The van der Waals surface area contributed by atoms with Crippen LogP contribution in [0, 0.1) is 0 Å². The number of hydrogen-bond donors (Lipinski definition) is 3. The standard InChI is InChI=1S/C20H14Cl2N4O3S/c21-12-5-10-15(22)18(11-12)30(28,29)26-20-19(23-13-6-8-14(27)9-7-13)24-16-3-1-2-4-17(16)25-20/h1-11,27H,(H,23,24)(H,25,26). The molecule has 4 aromatic rings. The first-order valence-electron chi connectivity index (χ1n) is 8.62. The Kier molecular flexibility index (Phi) is 5.38. The molecule has 1 aromatic heterocycles. The highest BCUT2D eigenvalue weighted by atomic mass is 35.5. The Hall–Kier alpha value is -3.07. The second kappa shape index (κ2) is 7.98. The number of sulfonamides is 1. The summed E-state index contributed by atoms with van der Waals surface area (Å²) in [5.41, 5.74) is 1.66. The van der Waals surface area contributed by atoms with Gasteiger partial charge in [0.25, 0.3) is 10.0 Å². The van der Waals surface area contributed by atoms with E-state index in [0.29, 0.717) is 16.7 Å². The molecule has 0 saturated carbocycles. The molecule has 152 valence electrons. The smallest absolute Gasteiger partial charge is 0.264 e. The van der Waals surface area contributed by atoms with E-state index in [1.54, 1.807) is 36.4 Å². The molecule has 0 aliphatic carbocycles. The number of rotatable bonds is 5. The summed E-state index contributed by atoms with van der Waals surface area (Å²) in [6.07, 6.45) is 0. The summed E-state index contributed by atoms with van der Waals surface area (Å²) < 4.78 is 28.4. The van der Waals surface area contributed by atoms with Gasteiger partial charge in [-0.05, 0) is 54.6 Å². The lowest BCUT2D eigenvalue weighted by Gasteiger charge is -2.14. The van der Waals surface area contributed by atoms with Crippen LogP contribution in [0.5, 0.6) is 5.75 Å². The number of halogens is 2. The molecule has 0 unspecified atom stereocenters. The number of nitrogens with zero attached hydrogens (tertiary/aromatic N) is 2. The van der Waals surface area contributed by atoms with Crippen LogP contribution in [0.15, 0.2) is 71.6 Å². The third-order valence-electron chi connectivity index (χ3n) is 4.11. The number of fused-ring (bicyclic) bond motifs is 1. The van der Waals surface area contributed by atoms with E-state index in [1.165, 1.54) is 30.3 Å². The molecule has 4 rings (SSSR count). The minimum atomic E-state index is -4.11. The SMILES string of the molecule is O=S(=O)(Nc1nc2ccccc2nc1Nc1ccc(O)cc1)c1cc(Cl)ccc1Cl. The van der Waals surface area contributed by atoms with Crippen LogP contribution in [0.4, 0.5) is 17.3 Å². The Balaban J connectivity index is 1.80. The summed E-state index contributed by atoms with van der Waals surface area (Å²) in [6, 6.07) is 17.4. The first kappa shape index (κ1) is 20.2. The molecule has 3 aromatic carbocycles. The van der Waals surface area contributed by atoms with E-state index in [-0.39, 0.29) is 32.3 Å². The van der Waals surface area contributed by atoms with Crippen molar-refractivity contribution >= 4 is 61.6 Å². The van der Waals surface area contributed by atoms with Gasteiger partial charge in [0.15, 0.2) is 11.6 Å². The van der Waals surface area contributed by atoms with Crippen LogP contribution in [0.25, 0.3) is 11.0 Å². The maximum atomic E-state index is 13.0. The molecule has 0 amide bonds. The molecule has 0 aliphatic heterocycles. The van der Waals surface area contributed by atoms with Crippen molar-refractivity contribution in [3.05, 3.63) is 76.8 Å². The van der Waals surface area contributed by atoms with Gasteiger partial charge in [0, 0.05) is 10.7 Å². The number of anilines is 3. The van der Waals surface area contributed by atoms with E-state index in [0.717, 1.165) is 0 Å². The van der Waals surface area contributed by atoms with Crippen molar-refractivity contribution in [2.45, 2.75) is 4.90 Å². The van der Waals surface area contributed by atoms with Crippen LogP contribution in [0.2, 0.25) is 10.0 Å². The largest absolute Gasteiger partial charge is 0.508 e. The summed E-state index contributed by atoms with van der Waals surface area (Å²) in [6.45, 7) is 0. The fraction of sp³-hybridized carbons (Fsp3) is 0. The van der Waals surface area contributed by atoms with E-state index < -0.39 is 10.0 Å². The van der Waals surface area contributed by atoms with Gasteiger partial charge in [-0.3, -0.25) is 4.72 Å². The van der Waals surface area contributed by atoms with Gasteiger partial charge in [0.05, 0.1) is 16.1 Å². The minimum absolute atomic E-state index is 0.0159. The maximum Gasteiger partial charge on any atom is 0.264 e.